The van der Waals surface area contributed by atoms with Gasteiger partial charge in [0.1, 0.15) is 0 Å². The van der Waals surface area contributed by atoms with Gasteiger partial charge in [-0.3, -0.25) is 0 Å². The zero-order valence-electron chi connectivity index (χ0n) is 12.9. The summed E-state index contributed by atoms with van der Waals surface area (Å²) in [4.78, 5) is 0. The van der Waals surface area contributed by atoms with Gasteiger partial charge in [-0.2, -0.15) is 0 Å². The smallest absolute Gasteiger partial charge is 0.0557 e. The molecule has 1 heterocycles. The van der Waals surface area contributed by atoms with Gasteiger partial charge in [-0.05, 0) is 38.0 Å². The fraction of sp³-hybridized carbons (Fsp3) is 0.200. The van der Waals surface area contributed by atoms with Gasteiger partial charge in [0.25, 0.3) is 0 Å². The second-order valence-electron chi connectivity index (χ2n) is 5.61. The van der Waals surface area contributed by atoms with Gasteiger partial charge in [-0.1, -0.05) is 60.7 Å². The van der Waals surface area contributed by atoms with Crippen molar-refractivity contribution in [3.05, 3.63) is 83.7 Å². The van der Waals surface area contributed by atoms with E-state index in [0.717, 1.165) is 0 Å². The Bertz CT molecular complexity index is 723. The van der Waals surface area contributed by atoms with Crippen molar-refractivity contribution in [1.29, 1.82) is 0 Å². The standard InChI is InChI=1S/C20H21N/c1-15-14-20(19-12-8-5-9-13-19)17(3)21(15)16(2)18-10-6-4-7-11-18/h4-14,16H,1-3H3/t16-/m1/s1. The van der Waals surface area contributed by atoms with Gasteiger partial charge in [0.2, 0.25) is 0 Å². The molecule has 1 atom stereocenters. The molecule has 0 spiro atoms. The molecule has 0 bridgehead atoms. The van der Waals surface area contributed by atoms with Crippen molar-refractivity contribution in [1.82, 2.24) is 4.57 Å². The molecule has 0 fully saturated rings. The van der Waals surface area contributed by atoms with E-state index in [1.54, 1.807) is 0 Å². The monoisotopic (exact) mass is 275 g/mol. The van der Waals surface area contributed by atoms with Crippen LogP contribution in [-0.2, 0) is 0 Å². The number of aryl methyl sites for hydroxylation is 1. The molecule has 0 saturated heterocycles. The molecule has 106 valence electrons. The topological polar surface area (TPSA) is 4.93 Å². The third kappa shape index (κ3) is 2.52. The maximum atomic E-state index is 2.43. The fourth-order valence-electron chi connectivity index (χ4n) is 3.16. The van der Waals surface area contributed by atoms with E-state index in [1.807, 2.05) is 0 Å². The summed E-state index contributed by atoms with van der Waals surface area (Å²) < 4.78 is 2.43. The van der Waals surface area contributed by atoms with Gasteiger partial charge in [-0.15, -0.1) is 0 Å². The van der Waals surface area contributed by atoms with Crippen LogP contribution in [0.1, 0.15) is 29.9 Å². The predicted molar refractivity (Wildman–Crippen MR) is 89.6 cm³/mol. The minimum absolute atomic E-state index is 0.351. The molecule has 3 rings (SSSR count). The quantitative estimate of drug-likeness (QED) is 0.604. The van der Waals surface area contributed by atoms with E-state index in [0.29, 0.717) is 6.04 Å². The van der Waals surface area contributed by atoms with Gasteiger partial charge >= 0.3 is 0 Å². The average molecular weight is 275 g/mol. The van der Waals surface area contributed by atoms with Gasteiger partial charge in [0.15, 0.2) is 0 Å². The molecule has 0 aliphatic rings. The molecule has 1 heteroatoms. The molecular weight excluding hydrogens is 254 g/mol. The van der Waals surface area contributed by atoms with E-state index in [-0.39, 0.29) is 0 Å². The Morgan fingerprint density at radius 3 is 2.00 bits per heavy atom. The maximum Gasteiger partial charge on any atom is 0.0557 e. The summed E-state index contributed by atoms with van der Waals surface area (Å²) >= 11 is 0. The SMILES string of the molecule is Cc1cc(-c2ccccc2)c(C)n1[C@H](C)c1ccccc1. The van der Waals surface area contributed by atoms with Gasteiger partial charge in [-0.25, -0.2) is 0 Å². The predicted octanol–water partition coefficient (Wildman–Crippen LogP) is 5.38. The Labute approximate surface area is 126 Å². The van der Waals surface area contributed by atoms with Crippen LogP contribution in [0.4, 0.5) is 0 Å². The van der Waals surface area contributed by atoms with Gasteiger partial charge in [0.05, 0.1) is 6.04 Å². The van der Waals surface area contributed by atoms with E-state index in [9.17, 15) is 0 Å². The van der Waals surface area contributed by atoms with Crippen molar-refractivity contribution in [3.63, 3.8) is 0 Å². The first-order valence-electron chi connectivity index (χ1n) is 7.47. The largest absolute Gasteiger partial charge is 0.341 e. The summed E-state index contributed by atoms with van der Waals surface area (Å²) in [6.07, 6.45) is 0. The maximum absolute atomic E-state index is 2.43. The molecule has 0 unspecified atom stereocenters. The van der Waals surface area contributed by atoms with Crippen molar-refractivity contribution in [2.45, 2.75) is 26.8 Å². The van der Waals surface area contributed by atoms with Crippen LogP contribution in [0.5, 0.6) is 0 Å². The summed E-state index contributed by atoms with van der Waals surface area (Å²) in [6.45, 7) is 6.68. The van der Waals surface area contributed by atoms with E-state index in [4.69, 9.17) is 0 Å². The fourth-order valence-corrected chi connectivity index (χ4v) is 3.16. The summed E-state index contributed by atoms with van der Waals surface area (Å²) in [7, 11) is 0. The summed E-state index contributed by atoms with van der Waals surface area (Å²) in [5.41, 5.74) is 6.60. The molecule has 2 aromatic carbocycles. The Balaban J connectivity index is 2.07. The molecule has 0 N–H and O–H groups in total. The molecule has 0 aliphatic heterocycles. The van der Waals surface area contributed by atoms with E-state index >= 15 is 0 Å². The number of benzene rings is 2. The van der Waals surface area contributed by atoms with Crippen LogP contribution in [0.25, 0.3) is 11.1 Å². The van der Waals surface area contributed by atoms with Crippen LogP contribution in [0.2, 0.25) is 0 Å². The molecule has 3 aromatic rings. The third-order valence-electron chi connectivity index (χ3n) is 4.24. The molecule has 0 amide bonds. The first-order chi connectivity index (χ1) is 10.2. The van der Waals surface area contributed by atoms with Crippen LogP contribution >= 0.6 is 0 Å². The highest BCUT2D eigenvalue weighted by atomic mass is 15.0. The molecule has 0 saturated carbocycles. The summed E-state index contributed by atoms with van der Waals surface area (Å²) in [5, 5.41) is 0. The Kier molecular flexibility index (Phi) is 3.66. The zero-order valence-corrected chi connectivity index (χ0v) is 12.9. The Morgan fingerprint density at radius 2 is 1.38 bits per heavy atom. The normalized spacial score (nSPS) is 12.3. The lowest BCUT2D eigenvalue weighted by Crippen LogP contribution is -2.10. The summed E-state index contributed by atoms with van der Waals surface area (Å²) in [5.74, 6) is 0. The van der Waals surface area contributed by atoms with E-state index < -0.39 is 0 Å². The minimum atomic E-state index is 0.351. The van der Waals surface area contributed by atoms with Crippen molar-refractivity contribution in [2.75, 3.05) is 0 Å². The van der Waals surface area contributed by atoms with Crippen molar-refractivity contribution < 1.29 is 0 Å². The number of nitrogens with zero attached hydrogens (tertiary/aromatic N) is 1. The summed E-state index contributed by atoms with van der Waals surface area (Å²) in [6, 6.07) is 24.0. The second kappa shape index (κ2) is 5.61. The highest BCUT2D eigenvalue weighted by Gasteiger charge is 2.16. The molecular formula is C20H21N. The van der Waals surface area contributed by atoms with E-state index in [2.05, 4.69) is 92.1 Å². The van der Waals surface area contributed by atoms with Crippen molar-refractivity contribution in [2.24, 2.45) is 0 Å². The van der Waals surface area contributed by atoms with Gasteiger partial charge in [0, 0.05) is 17.0 Å². The Morgan fingerprint density at radius 1 is 0.810 bits per heavy atom. The van der Waals surface area contributed by atoms with Crippen LogP contribution in [0, 0.1) is 13.8 Å². The lowest BCUT2D eigenvalue weighted by Gasteiger charge is -2.19. The van der Waals surface area contributed by atoms with Crippen LogP contribution in [0.15, 0.2) is 66.7 Å². The lowest BCUT2D eigenvalue weighted by molar-refractivity contribution is 0.611. The van der Waals surface area contributed by atoms with Crippen LogP contribution in [-0.4, -0.2) is 4.57 Å². The lowest BCUT2D eigenvalue weighted by atomic mass is 10.1. The van der Waals surface area contributed by atoms with E-state index in [1.165, 1.54) is 28.1 Å². The average Bonchev–Trinajstić information content (AvgIpc) is 2.83. The van der Waals surface area contributed by atoms with Crippen LogP contribution < -0.4 is 0 Å². The van der Waals surface area contributed by atoms with Crippen LogP contribution in [0.3, 0.4) is 0 Å². The number of hydrogen-bond acceptors (Lipinski definition) is 0. The first-order valence-corrected chi connectivity index (χ1v) is 7.47. The molecule has 1 aromatic heterocycles. The Hall–Kier alpha value is -2.28. The molecule has 1 nitrogen and oxygen atoms in total. The highest BCUT2D eigenvalue weighted by Crippen LogP contribution is 2.31. The highest BCUT2D eigenvalue weighted by molar-refractivity contribution is 5.67. The molecule has 21 heavy (non-hydrogen) atoms. The van der Waals surface area contributed by atoms with Crippen molar-refractivity contribution in [3.8, 4) is 11.1 Å². The molecule has 0 aliphatic carbocycles. The molecule has 0 radical (unpaired) electrons. The number of rotatable bonds is 3. The first kappa shape index (κ1) is 13.7. The van der Waals surface area contributed by atoms with Gasteiger partial charge < -0.3 is 4.57 Å². The second-order valence-corrected chi connectivity index (χ2v) is 5.61. The number of hydrogen-bond donors (Lipinski definition) is 0. The zero-order chi connectivity index (χ0) is 14.8. The number of aromatic nitrogens is 1. The minimum Gasteiger partial charge on any atom is -0.341 e. The van der Waals surface area contributed by atoms with Crippen molar-refractivity contribution >= 4 is 0 Å². The third-order valence-corrected chi connectivity index (χ3v) is 4.24.